The fourth-order valence-corrected chi connectivity index (χ4v) is 21.3. The molecule has 21 aromatic rings. The van der Waals surface area contributed by atoms with Gasteiger partial charge in [0.05, 0.1) is 33.4 Å². The van der Waals surface area contributed by atoms with Crippen molar-refractivity contribution in [3.05, 3.63) is 382 Å². The van der Waals surface area contributed by atoms with E-state index in [-0.39, 0.29) is 12.1 Å². The van der Waals surface area contributed by atoms with Gasteiger partial charge in [-0.1, -0.05) is 300 Å². The Morgan fingerprint density at radius 3 is 0.982 bits per heavy atom. The second kappa shape index (κ2) is 25.5. The highest BCUT2D eigenvalue weighted by Gasteiger charge is 2.47. The molecule has 0 bridgehead atoms. The number of thiophene rings is 2. The highest BCUT2D eigenvalue weighted by molar-refractivity contribution is 7.27. The maximum Gasteiger partial charge on any atom is 0.252 e. The van der Waals surface area contributed by atoms with E-state index in [0.29, 0.717) is 0 Å². The van der Waals surface area contributed by atoms with Gasteiger partial charge in [-0.2, -0.15) is 0 Å². The quantitative estimate of drug-likeness (QED) is 0.127. The van der Waals surface area contributed by atoms with Crippen molar-refractivity contribution in [3.8, 4) is 78.1 Å². The second-order valence-electron chi connectivity index (χ2n) is 31.4. The Hall–Kier alpha value is -13.6. The van der Waals surface area contributed by atoms with E-state index in [4.69, 9.17) is 0 Å². The summed E-state index contributed by atoms with van der Waals surface area (Å²) in [6.07, 6.45) is 0. The van der Waals surface area contributed by atoms with Gasteiger partial charge in [-0.3, -0.25) is 0 Å². The molecule has 4 nitrogen and oxygen atoms in total. The Morgan fingerprint density at radius 2 is 0.593 bits per heavy atom. The van der Waals surface area contributed by atoms with Gasteiger partial charge in [0, 0.05) is 118 Å². The Balaban J connectivity index is 0.892. The molecule has 0 saturated carbocycles. The fraction of sp³-hybridized carbons (Fsp3) is 0.0377. The van der Waals surface area contributed by atoms with E-state index in [1.807, 2.05) is 22.7 Å². The summed E-state index contributed by atoms with van der Waals surface area (Å²) in [4.78, 5) is 5.55. The predicted octanol–water partition coefficient (Wildman–Crippen LogP) is 28.0. The molecule has 0 amide bonds. The molecule has 0 atom stereocenters. The Labute approximate surface area is 663 Å². The molecule has 0 spiro atoms. The summed E-state index contributed by atoms with van der Waals surface area (Å²) in [5.41, 5.74) is 32.5. The first-order chi connectivity index (χ1) is 55.7. The number of aromatic nitrogens is 2. The fourth-order valence-electron chi connectivity index (χ4n) is 18.9. The largest absolute Gasteiger partial charge is 0.310 e. The highest BCUT2D eigenvalue weighted by atomic mass is 32.1. The van der Waals surface area contributed by atoms with Crippen molar-refractivity contribution in [1.82, 2.24) is 9.13 Å². The molecule has 23 rings (SSSR count). The van der Waals surface area contributed by atoms with E-state index in [1.165, 1.54) is 128 Å². The molecule has 0 aliphatic carbocycles. The van der Waals surface area contributed by atoms with Gasteiger partial charge < -0.3 is 18.9 Å². The lowest BCUT2D eigenvalue weighted by atomic mass is 9.33. The zero-order valence-corrected chi connectivity index (χ0v) is 64.1. The summed E-state index contributed by atoms with van der Waals surface area (Å²) in [7, 11) is 0. The summed E-state index contributed by atoms with van der Waals surface area (Å²) < 4.78 is 10.1. The number of anilines is 6. The third-order valence-electron chi connectivity index (χ3n) is 24.0. The lowest BCUT2D eigenvalue weighted by Gasteiger charge is -2.46. The van der Waals surface area contributed by atoms with Crippen LogP contribution in [0.3, 0.4) is 0 Å². The molecule has 2 aliphatic rings. The van der Waals surface area contributed by atoms with Crippen molar-refractivity contribution in [2.24, 2.45) is 0 Å². The lowest BCUT2D eigenvalue weighted by molar-refractivity contribution is 0.590. The van der Waals surface area contributed by atoms with Crippen LogP contribution in [0.5, 0.6) is 0 Å². The zero-order chi connectivity index (χ0) is 74.7. The summed E-state index contributed by atoms with van der Waals surface area (Å²) in [6.45, 7) is 6.97. The summed E-state index contributed by atoms with van der Waals surface area (Å²) in [6, 6.07) is 142. The van der Waals surface area contributed by atoms with Gasteiger partial charge in [0.2, 0.25) is 0 Å². The van der Waals surface area contributed by atoms with Crippen molar-refractivity contribution < 1.29 is 0 Å². The number of para-hydroxylation sites is 2. The maximum atomic E-state index is 2.77. The van der Waals surface area contributed by atoms with Crippen LogP contribution in [0.15, 0.2) is 376 Å². The van der Waals surface area contributed by atoms with Crippen molar-refractivity contribution in [2.45, 2.75) is 26.2 Å². The van der Waals surface area contributed by atoms with Gasteiger partial charge in [0.15, 0.2) is 0 Å². The lowest BCUT2D eigenvalue weighted by Crippen LogP contribution is -2.61. The topological polar surface area (TPSA) is 16.3 Å². The number of rotatable bonds is 10. The smallest absolute Gasteiger partial charge is 0.252 e. The van der Waals surface area contributed by atoms with Crippen LogP contribution in [0.1, 0.15) is 26.3 Å². The third-order valence-corrected chi connectivity index (χ3v) is 26.4. The van der Waals surface area contributed by atoms with E-state index >= 15 is 0 Å². The monoisotopic (exact) mass is 1470 g/mol. The van der Waals surface area contributed by atoms with Gasteiger partial charge in [0.25, 0.3) is 6.71 Å². The van der Waals surface area contributed by atoms with Crippen molar-refractivity contribution in [2.75, 3.05) is 9.80 Å². The molecule has 0 fully saturated rings. The molecule has 2 aliphatic heterocycles. The molecule has 17 aromatic carbocycles. The number of nitrogens with zero attached hydrogens (tertiary/aromatic N) is 4. The third kappa shape index (κ3) is 10.1. The summed E-state index contributed by atoms with van der Waals surface area (Å²) >= 11 is 3.82. The van der Waals surface area contributed by atoms with Crippen LogP contribution in [0, 0.1) is 0 Å². The first-order valence-corrected chi connectivity index (χ1v) is 40.8. The van der Waals surface area contributed by atoms with Crippen LogP contribution in [0.25, 0.3) is 162 Å². The van der Waals surface area contributed by atoms with E-state index in [1.54, 1.807) is 0 Å². The Kier molecular flexibility index (Phi) is 14.7. The molecule has 7 heteroatoms. The van der Waals surface area contributed by atoms with Crippen LogP contribution < -0.4 is 26.2 Å². The molecule has 0 unspecified atom stereocenters. The van der Waals surface area contributed by atoms with Crippen LogP contribution >= 0.6 is 22.7 Å². The Bertz CT molecular complexity index is 7020. The van der Waals surface area contributed by atoms with Gasteiger partial charge in [0.1, 0.15) is 0 Å². The van der Waals surface area contributed by atoms with Gasteiger partial charge in [-0.15, -0.1) is 22.7 Å². The van der Waals surface area contributed by atoms with Gasteiger partial charge >= 0.3 is 0 Å². The molecule has 530 valence electrons. The van der Waals surface area contributed by atoms with Crippen LogP contribution in [0.4, 0.5) is 34.1 Å². The van der Waals surface area contributed by atoms with Crippen molar-refractivity contribution in [1.29, 1.82) is 0 Å². The maximum absolute atomic E-state index is 2.77. The zero-order valence-electron chi connectivity index (χ0n) is 62.5. The van der Waals surface area contributed by atoms with Crippen molar-refractivity contribution in [3.63, 3.8) is 0 Å². The van der Waals surface area contributed by atoms with E-state index in [2.05, 4.69) is 416 Å². The van der Waals surface area contributed by atoms with E-state index in [0.717, 1.165) is 89.8 Å². The minimum absolute atomic E-state index is 0.273. The first kappa shape index (κ1) is 65.3. The second-order valence-corrected chi connectivity index (χ2v) is 33.5. The molecule has 113 heavy (non-hydrogen) atoms. The highest BCUT2D eigenvalue weighted by Crippen LogP contribution is 2.59. The van der Waals surface area contributed by atoms with Crippen LogP contribution in [-0.4, -0.2) is 15.8 Å². The molecular weight excluding hydrogens is 1400 g/mol. The standard InChI is InChI=1S/C106H71BN4S2/c1-106(2,3)74-60-95-101-96(61-74)111(103-82(69-36-16-7-17-37-69)65-84(71-40-20-9-21-41-71)105-100(103)80-45-25-29-49-98(80)113-105)94-63-76(109-90-47-27-23-43-78(90)86-59-73(51-57-92(86)109)67-32-12-5-13-33-67)53-55-88(94)107(101)87-54-52-75(108-89-46-26-22-42-77(89)85-58-72(50-56-91(85)108)66-30-10-4-11-31-66)62-93(87)110(95)102-81(68-34-14-6-15-35-68)64-83(70-38-18-8-19-39-70)104-99(102)79-44-24-28-48-97(79)112-104/h4-65H,1-3H3. The first-order valence-electron chi connectivity index (χ1n) is 39.2. The number of benzene rings is 17. The molecular formula is C106H71BN4S2. The van der Waals surface area contributed by atoms with Gasteiger partial charge in [-0.05, 0) is 169 Å². The number of hydrogen-bond donors (Lipinski definition) is 0. The van der Waals surface area contributed by atoms with Crippen LogP contribution in [0.2, 0.25) is 0 Å². The summed E-state index contributed by atoms with van der Waals surface area (Å²) in [5.74, 6) is 0. The van der Waals surface area contributed by atoms with Crippen molar-refractivity contribution >= 4 is 164 Å². The SMILES string of the molecule is CC(C)(C)c1cc2c3c(c1)N(c1c(-c4ccccc4)cc(-c4ccccc4)c4sc5ccccc5c14)c1cc(-n4c5ccccc5c5cc(-c6ccccc6)ccc54)ccc1B3c1ccc(-n3c4ccccc4c4cc(-c5ccccc5)ccc43)cc1N2c1c(-c2ccccc2)cc(-c2ccccc2)c2sc3ccccc3c12. The number of hydrogen-bond acceptors (Lipinski definition) is 4. The molecule has 0 N–H and O–H groups in total. The Morgan fingerprint density at radius 1 is 0.257 bits per heavy atom. The van der Waals surface area contributed by atoms with Crippen LogP contribution in [-0.2, 0) is 5.41 Å². The molecule has 0 saturated heterocycles. The van der Waals surface area contributed by atoms with E-state index < -0.39 is 0 Å². The van der Waals surface area contributed by atoms with E-state index in [9.17, 15) is 0 Å². The number of fused-ring (bicyclic) bond motifs is 16. The molecule has 4 aromatic heterocycles. The minimum Gasteiger partial charge on any atom is -0.310 e. The summed E-state index contributed by atoms with van der Waals surface area (Å²) in [5, 5.41) is 9.78. The normalized spacial score (nSPS) is 12.7. The molecule has 6 heterocycles. The average molecular weight is 1480 g/mol. The molecule has 0 radical (unpaired) electrons. The van der Waals surface area contributed by atoms with Gasteiger partial charge in [-0.25, -0.2) is 0 Å². The average Bonchev–Trinajstić information content (AvgIpc) is 1.48. The predicted molar refractivity (Wildman–Crippen MR) is 486 cm³/mol. The minimum atomic E-state index is -0.362.